The molecule has 0 amide bonds. The Morgan fingerprint density at radius 3 is 2.35 bits per heavy atom. The number of nitrogens with zero attached hydrogens (tertiary/aromatic N) is 2. The van der Waals surface area contributed by atoms with Gasteiger partial charge in [-0.2, -0.15) is 0 Å². The molecule has 0 aliphatic heterocycles. The number of H-pyrrole nitrogens is 1. The predicted molar refractivity (Wildman–Crippen MR) is 119 cm³/mol. The topological polar surface area (TPSA) is 88.1 Å². The van der Waals surface area contributed by atoms with E-state index in [0.717, 1.165) is 12.1 Å². The number of hydrogen-bond donors (Lipinski definition) is 2. The first-order valence-corrected chi connectivity index (χ1v) is 10.9. The number of ether oxygens (including phenoxy) is 1. The number of halogens is 3. The van der Waals surface area contributed by atoms with Crippen LogP contribution in [0, 0.1) is 23.4 Å². The van der Waals surface area contributed by atoms with Gasteiger partial charge in [-0.3, -0.25) is 4.79 Å². The van der Waals surface area contributed by atoms with E-state index in [-0.39, 0.29) is 34.4 Å². The SMILES string of the molecule is O=C(O)C1CCC(Oc2ccc(-c3ccc(-c4nc5cc(F)c(F)cc5[nH]4)c(F)c3)cn2)CC1. The molecule has 1 aliphatic rings. The first-order chi connectivity index (χ1) is 16.4. The van der Waals surface area contributed by atoms with Gasteiger partial charge in [0.2, 0.25) is 5.88 Å². The van der Waals surface area contributed by atoms with Gasteiger partial charge in [0.1, 0.15) is 17.7 Å². The second-order valence-corrected chi connectivity index (χ2v) is 8.38. The average molecular weight is 467 g/mol. The maximum atomic E-state index is 14.9. The minimum Gasteiger partial charge on any atom is -0.481 e. The van der Waals surface area contributed by atoms with E-state index in [1.807, 2.05) is 0 Å². The van der Waals surface area contributed by atoms with Crippen LogP contribution in [0.4, 0.5) is 13.2 Å². The number of hydrogen-bond acceptors (Lipinski definition) is 4. The molecule has 2 aromatic carbocycles. The van der Waals surface area contributed by atoms with Crippen LogP contribution in [0.5, 0.6) is 5.88 Å². The van der Waals surface area contributed by atoms with E-state index < -0.39 is 23.4 Å². The van der Waals surface area contributed by atoms with E-state index in [9.17, 15) is 18.0 Å². The van der Waals surface area contributed by atoms with Crippen molar-refractivity contribution in [2.24, 2.45) is 5.92 Å². The van der Waals surface area contributed by atoms with Crippen molar-refractivity contribution in [2.45, 2.75) is 31.8 Å². The summed E-state index contributed by atoms with van der Waals surface area (Å²) in [5, 5.41) is 9.10. The smallest absolute Gasteiger partial charge is 0.306 e. The summed E-state index contributed by atoms with van der Waals surface area (Å²) in [6.45, 7) is 0. The monoisotopic (exact) mass is 467 g/mol. The lowest BCUT2D eigenvalue weighted by Gasteiger charge is -2.26. The van der Waals surface area contributed by atoms with Gasteiger partial charge in [-0.05, 0) is 49.4 Å². The summed E-state index contributed by atoms with van der Waals surface area (Å²) < 4.78 is 47.7. The number of rotatable bonds is 5. The van der Waals surface area contributed by atoms with Crippen LogP contribution in [0.15, 0.2) is 48.7 Å². The van der Waals surface area contributed by atoms with Gasteiger partial charge in [0.15, 0.2) is 11.6 Å². The molecule has 2 N–H and O–H groups in total. The third-order valence-corrected chi connectivity index (χ3v) is 6.13. The molecule has 0 unspecified atom stereocenters. The van der Waals surface area contributed by atoms with Crippen LogP contribution in [-0.2, 0) is 4.79 Å². The van der Waals surface area contributed by atoms with Crippen molar-refractivity contribution < 1.29 is 27.8 Å². The van der Waals surface area contributed by atoms with Crippen molar-refractivity contribution in [3.63, 3.8) is 0 Å². The van der Waals surface area contributed by atoms with Gasteiger partial charge in [-0.1, -0.05) is 6.07 Å². The van der Waals surface area contributed by atoms with Crippen LogP contribution in [0.2, 0.25) is 0 Å². The fourth-order valence-corrected chi connectivity index (χ4v) is 4.24. The third kappa shape index (κ3) is 4.33. The van der Waals surface area contributed by atoms with Crippen molar-refractivity contribution in [3.8, 4) is 28.4 Å². The highest BCUT2D eigenvalue weighted by Crippen LogP contribution is 2.30. The van der Waals surface area contributed by atoms with Crippen molar-refractivity contribution in [1.29, 1.82) is 0 Å². The Kier molecular flexibility index (Phi) is 5.69. The van der Waals surface area contributed by atoms with Crippen LogP contribution in [0.25, 0.3) is 33.5 Å². The third-order valence-electron chi connectivity index (χ3n) is 6.13. The highest BCUT2D eigenvalue weighted by Gasteiger charge is 2.27. The Morgan fingerprint density at radius 1 is 0.941 bits per heavy atom. The highest BCUT2D eigenvalue weighted by molar-refractivity contribution is 5.80. The van der Waals surface area contributed by atoms with Gasteiger partial charge in [0.25, 0.3) is 0 Å². The maximum Gasteiger partial charge on any atom is 0.306 e. The molecule has 0 atom stereocenters. The van der Waals surface area contributed by atoms with E-state index in [1.54, 1.807) is 30.5 Å². The second-order valence-electron chi connectivity index (χ2n) is 8.38. The molecule has 0 saturated heterocycles. The fraction of sp³-hybridized carbons (Fsp3) is 0.240. The van der Waals surface area contributed by atoms with E-state index in [2.05, 4.69) is 15.0 Å². The molecule has 0 spiro atoms. The molecule has 1 saturated carbocycles. The summed E-state index contributed by atoms with van der Waals surface area (Å²) in [7, 11) is 0. The van der Waals surface area contributed by atoms with Gasteiger partial charge in [0.05, 0.1) is 22.5 Å². The Labute approximate surface area is 192 Å². The molecule has 1 fully saturated rings. The summed E-state index contributed by atoms with van der Waals surface area (Å²) in [6, 6.07) is 10.0. The van der Waals surface area contributed by atoms with Crippen molar-refractivity contribution in [2.75, 3.05) is 0 Å². The van der Waals surface area contributed by atoms with Crippen LogP contribution in [0.1, 0.15) is 25.7 Å². The largest absolute Gasteiger partial charge is 0.481 e. The van der Waals surface area contributed by atoms with Gasteiger partial charge in [-0.15, -0.1) is 0 Å². The van der Waals surface area contributed by atoms with Crippen LogP contribution in [-0.4, -0.2) is 32.1 Å². The molecule has 1 aliphatic carbocycles. The first kappa shape index (κ1) is 21.9. The summed E-state index contributed by atoms with van der Waals surface area (Å²) in [5.41, 5.74) is 1.92. The molecule has 34 heavy (non-hydrogen) atoms. The number of benzene rings is 2. The van der Waals surface area contributed by atoms with Crippen molar-refractivity contribution in [3.05, 3.63) is 66.1 Å². The van der Waals surface area contributed by atoms with Gasteiger partial charge in [0, 0.05) is 30.0 Å². The molecule has 2 aromatic heterocycles. The number of pyridine rings is 1. The number of carboxylic acid groups (broad SMARTS) is 1. The molecule has 0 bridgehead atoms. The number of aliphatic carboxylic acids is 1. The first-order valence-electron chi connectivity index (χ1n) is 10.9. The molecule has 2 heterocycles. The van der Waals surface area contributed by atoms with Crippen LogP contribution < -0.4 is 4.74 Å². The Hall–Kier alpha value is -3.88. The molecule has 5 rings (SSSR count). The summed E-state index contributed by atoms with van der Waals surface area (Å²) >= 11 is 0. The van der Waals surface area contributed by atoms with Gasteiger partial charge < -0.3 is 14.8 Å². The molecular formula is C25H20F3N3O3. The number of aromatic nitrogens is 3. The molecule has 0 radical (unpaired) electrons. The number of imidazole rings is 1. The van der Waals surface area contributed by atoms with E-state index >= 15 is 0 Å². The summed E-state index contributed by atoms with van der Waals surface area (Å²) in [4.78, 5) is 22.4. The number of carboxylic acids is 1. The Morgan fingerprint density at radius 2 is 1.68 bits per heavy atom. The lowest BCUT2D eigenvalue weighted by molar-refractivity contribution is -0.143. The lowest BCUT2D eigenvalue weighted by atomic mass is 9.87. The fourth-order valence-electron chi connectivity index (χ4n) is 4.24. The Bertz CT molecular complexity index is 1320. The summed E-state index contributed by atoms with van der Waals surface area (Å²) in [6.07, 6.45) is 4.00. The lowest BCUT2D eigenvalue weighted by Crippen LogP contribution is -2.28. The van der Waals surface area contributed by atoms with Crippen LogP contribution >= 0.6 is 0 Å². The Balaban J connectivity index is 1.30. The van der Waals surface area contributed by atoms with Gasteiger partial charge >= 0.3 is 5.97 Å². The van der Waals surface area contributed by atoms with Crippen molar-refractivity contribution >= 4 is 17.0 Å². The standard InChI is InChI=1S/C25H20F3N3O3/c26-18-9-14(3-7-17(18)24-30-21-10-19(27)20(28)11-22(21)31-24)15-4-8-23(29-12-15)34-16-5-1-13(2-6-16)25(32)33/h3-4,7-13,16H,1-2,5-6H2,(H,30,31)(H,32,33). The number of nitrogens with one attached hydrogen (secondary N) is 1. The molecular weight excluding hydrogens is 447 g/mol. The van der Waals surface area contributed by atoms with Gasteiger partial charge in [-0.25, -0.2) is 23.1 Å². The predicted octanol–water partition coefficient (Wildman–Crippen LogP) is 5.73. The quantitative estimate of drug-likeness (QED) is 0.391. The number of aromatic amines is 1. The molecule has 4 aromatic rings. The number of fused-ring (bicyclic) bond motifs is 1. The normalized spacial score (nSPS) is 18.2. The minimum atomic E-state index is -1.02. The molecule has 6 nitrogen and oxygen atoms in total. The zero-order valence-electron chi connectivity index (χ0n) is 17.9. The summed E-state index contributed by atoms with van der Waals surface area (Å²) in [5.74, 6) is -3.05. The zero-order valence-corrected chi connectivity index (χ0v) is 17.9. The van der Waals surface area contributed by atoms with E-state index in [4.69, 9.17) is 9.84 Å². The average Bonchev–Trinajstić information content (AvgIpc) is 3.22. The molecule has 174 valence electrons. The second kappa shape index (κ2) is 8.81. The number of carbonyl (C=O) groups is 1. The van der Waals surface area contributed by atoms with E-state index in [1.165, 1.54) is 6.07 Å². The highest BCUT2D eigenvalue weighted by atomic mass is 19.2. The van der Waals surface area contributed by atoms with E-state index in [0.29, 0.717) is 42.7 Å². The molecule has 9 heteroatoms. The zero-order chi connectivity index (χ0) is 23.8. The minimum absolute atomic E-state index is 0.0727. The van der Waals surface area contributed by atoms with Crippen molar-refractivity contribution in [1.82, 2.24) is 15.0 Å². The maximum absolute atomic E-state index is 14.9. The van der Waals surface area contributed by atoms with Crippen LogP contribution in [0.3, 0.4) is 0 Å².